The van der Waals surface area contributed by atoms with Crippen LogP contribution in [0.15, 0.2) is 22.2 Å². The van der Waals surface area contributed by atoms with Gasteiger partial charge in [0.05, 0.1) is 16.6 Å². The number of rotatable bonds is 3. The van der Waals surface area contributed by atoms with Crippen LogP contribution in [0.5, 0.6) is 0 Å². The smallest absolute Gasteiger partial charge is 0.261 e. The summed E-state index contributed by atoms with van der Waals surface area (Å²) in [4.78, 5) is 21.1. The van der Waals surface area contributed by atoms with Gasteiger partial charge in [-0.3, -0.25) is 4.79 Å². The van der Waals surface area contributed by atoms with Gasteiger partial charge in [-0.15, -0.1) is 16.7 Å². The van der Waals surface area contributed by atoms with Crippen LogP contribution < -0.4 is 5.56 Å². The van der Waals surface area contributed by atoms with Crippen molar-refractivity contribution in [3.8, 4) is 0 Å². The Balaban J connectivity index is 2.42. The summed E-state index contributed by atoms with van der Waals surface area (Å²) in [6.45, 7) is 2.28. The maximum Gasteiger partial charge on any atom is 0.261 e. The zero-order chi connectivity index (χ0) is 14.3. The zero-order valence-electron chi connectivity index (χ0n) is 11.0. The topological polar surface area (TPSA) is 65.1 Å². The van der Waals surface area contributed by atoms with Gasteiger partial charge in [0.15, 0.2) is 0 Å². The summed E-state index contributed by atoms with van der Waals surface area (Å²) in [6.07, 6.45) is 3.63. The Morgan fingerprint density at radius 3 is 2.90 bits per heavy atom. The van der Waals surface area contributed by atoms with Crippen molar-refractivity contribution in [2.24, 2.45) is 0 Å². The highest BCUT2D eigenvalue weighted by Gasteiger charge is 2.13. The molecule has 3 aromatic rings. The van der Waals surface area contributed by atoms with Gasteiger partial charge in [-0.1, -0.05) is 11.8 Å². The number of hydrogen-bond donors (Lipinski definition) is 0. The Labute approximate surface area is 123 Å². The van der Waals surface area contributed by atoms with E-state index in [4.69, 9.17) is 11.6 Å². The van der Waals surface area contributed by atoms with Gasteiger partial charge in [-0.05, 0) is 19.2 Å². The first-order valence-corrected chi connectivity index (χ1v) is 7.78. The van der Waals surface area contributed by atoms with Gasteiger partial charge in [0.25, 0.3) is 11.3 Å². The van der Waals surface area contributed by atoms with Crippen LogP contribution in [-0.4, -0.2) is 36.3 Å². The number of pyridine rings is 1. The zero-order valence-corrected chi connectivity index (χ0v) is 12.6. The molecule has 3 aromatic heterocycles. The highest BCUT2D eigenvalue weighted by Crippen LogP contribution is 2.17. The van der Waals surface area contributed by atoms with E-state index in [0.29, 0.717) is 34.4 Å². The van der Waals surface area contributed by atoms with Gasteiger partial charge in [0.2, 0.25) is 5.16 Å². The van der Waals surface area contributed by atoms with Crippen LogP contribution in [0, 0.1) is 6.92 Å². The second-order valence-corrected chi connectivity index (χ2v) is 5.42. The number of aromatic nitrogens is 5. The third kappa shape index (κ3) is 1.97. The minimum Gasteiger partial charge on any atom is -0.314 e. The Morgan fingerprint density at radius 2 is 2.20 bits per heavy atom. The molecule has 0 saturated heterocycles. The molecule has 3 heterocycles. The maximum absolute atomic E-state index is 12.5. The molecule has 0 atom stereocenters. The normalized spacial score (nSPS) is 11.6. The van der Waals surface area contributed by atoms with E-state index < -0.39 is 0 Å². The van der Waals surface area contributed by atoms with Crippen molar-refractivity contribution < 1.29 is 0 Å². The summed E-state index contributed by atoms with van der Waals surface area (Å²) in [7, 11) is 0. The number of nitrogens with zero attached hydrogens (tertiary/aromatic N) is 5. The third-order valence-electron chi connectivity index (χ3n) is 3.08. The first kappa shape index (κ1) is 13.4. The third-order valence-corrected chi connectivity index (χ3v) is 3.79. The summed E-state index contributed by atoms with van der Waals surface area (Å²) in [5.41, 5.74) is 1.27. The Kier molecular flexibility index (Phi) is 3.39. The highest BCUT2D eigenvalue weighted by atomic mass is 35.5. The van der Waals surface area contributed by atoms with Gasteiger partial charge in [-0.25, -0.2) is 4.98 Å². The summed E-state index contributed by atoms with van der Waals surface area (Å²) in [5, 5.41) is 5.54. The van der Waals surface area contributed by atoms with Gasteiger partial charge in [0, 0.05) is 18.6 Å². The van der Waals surface area contributed by atoms with E-state index in [1.54, 1.807) is 15.3 Å². The molecule has 0 amide bonds. The van der Waals surface area contributed by atoms with E-state index in [2.05, 4.69) is 15.1 Å². The Bertz CT molecular complexity index is 856. The van der Waals surface area contributed by atoms with Crippen molar-refractivity contribution in [3.63, 3.8) is 0 Å². The fourth-order valence-electron chi connectivity index (χ4n) is 2.16. The van der Waals surface area contributed by atoms with Crippen molar-refractivity contribution in [3.05, 3.63) is 28.3 Å². The van der Waals surface area contributed by atoms with Crippen molar-refractivity contribution in [2.45, 2.75) is 18.6 Å². The summed E-state index contributed by atoms with van der Waals surface area (Å²) in [6, 6.07) is 1.85. The lowest BCUT2D eigenvalue weighted by molar-refractivity contribution is 0.737. The molecular weight excluding hydrogens is 298 g/mol. The predicted molar refractivity (Wildman–Crippen MR) is 79.8 cm³/mol. The van der Waals surface area contributed by atoms with Gasteiger partial charge in [-0.2, -0.15) is 9.50 Å². The van der Waals surface area contributed by atoms with E-state index in [0.717, 1.165) is 5.52 Å². The molecule has 0 aliphatic carbocycles. The van der Waals surface area contributed by atoms with E-state index in [1.165, 1.54) is 11.8 Å². The molecule has 0 aromatic carbocycles. The molecule has 3 rings (SSSR count). The highest BCUT2D eigenvalue weighted by molar-refractivity contribution is 7.98. The Hall–Kier alpha value is -1.60. The number of alkyl halides is 1. The molecule has 0 unspecified atom stereocenters. The van der Waals surface area contributed by atoms with Crippen LogP contribution in [0.3, 0.4) is 0 Å². The van der Waals surface area contributed by atoms with E-state index in [1.807, 2.05) is 19.2 Å². The second kappa shape index (κ2) is 5.06. The van der Waals surface area contributed by atoms with Crippen LogP contribution >= 0.6 is 23.4 Å². The van der Waals surface area contributed by atoms with Crippen LogP contribution in [0.25, 0.3) is 16.7 Å². The fraction of sp³-hybridized carbons (Fsp3) is 0.333. The molecular formula is C12H12ClN5OS. The van der Waals surface area contributed by atoms with Crippen LogP contribution in [-0.2, 0) is 6.54 Å². The number of hydrogen-bond acceptors (Lipinski definition) is 5. The average Bonchev–Trinajstić information content (AvgIpc) is 2.84. The van der Waals surface area contributed by atoms with Gasteiger partial charge in [0.1, 0.15) is 0 Å². The molecule has 8 heteroatoms. The number of fused-ring (bicyclic) bond motifs is 3. The lowest BCUT2D eigenvalue weighted by Crippen LogP contribution is -2.22. The van der Waals surface area contributed by atoms with Crippen molar-refractivity contribution in [2.75, 3.05) is 12.1 Å². The van der Waals surface area contributed by atoms with Crippen molar-refractivity contribution >= 4 is 40.0 Å². The molecule has 0 fully saturated rings. The molecule has 104 valence electrons. The predicted octanol–water partition coefficient (Wildman–Crippen LogP) is 1.71. The SMILES string of the molecule is CSc1nc2nc(C)c3c(=O)n(CCCl)ccc3n2n1. The minimum atomic E-state index is -0.101. The number of thioether (sulfide) groups is 1. The molecule has 20 heavy (non-hydrogen) atoms. The Morgan fingerprint density at radius 1 is 1.40 bits per heavy atom. The first-order chi connectivity index (χ1) is 9.65. The fourth-order valence-corrected chi connectivity index (χ4v) is 2.68. The summed E-state index contributed by atoms with van der Waals surface area (Å²) in [5.74, 6) is 0.897. The first-order valence-electron chi connectivity index (χ1n) is 6.02. The summed E-state index contributed by atoms with van der Waals surface area (Å²) >= 11 is 7.15. The molecule has 0 aliphatic heterocycles. The van der Waals surface area contributed by atoms with Crippen LogP contribution in [0.1, 0.15) is 5.69 Å². The van der Waals surface area contributed by atoms with Crippen LogP contribution in [0.4, 0.5) is 0 Å². The van der Waals surface area contributed by atoms with Gasteiger partial charge >= 0.3 is 0 Å². The lowest BCUT2D eigenvalue weighted by Gasteiger charge is -2.07. The quantitative estimate of drug-likeness (QED) is 0.544. The lowest BCUT2D eigenvalue weighted by atomic mass is 10.2. The van der Waals surface area contributed by atoms with Crippen molar-refractivity contribution in [1.82, 2.24) is 24.1 Å². The van der Waals surface area contributed by atoms with E-state index in [9.17, 15) is 4.79 Å². The molecule has 0 N–H and O–H groups in total. The molecule has 6 nitrogen and oxygen atoms in total. The average molecular weight is 310 g/mol. The number of halogens is 1. The molecule has 0 radical (unpaired) electrons. The minimum absolute atomic E-state index is 0.101. The number of aryl methyl sites for hydroxylation is 2. The van der Waals surface area contributed by atoms with Crippen LogP contribution in [0.2, 0.25) is 0 Å². The summed E-state index contributed by atoms with van der Waals surface area (Å²) < 4.78 is 3.20. The molecule has 0 aliphatic rings. The monoisotopic (exact) mass is 309 g/mol. The molecule has 0 saturated carbocycles. The standard InChI is InChI=1S/C12H12ClN5OS/c1-7-9-8(3-5-17(6-4-13)10(9)19)18-11(14-7)15-12(16-18)20-2/h3,5H,4,6H2,1-2H3. The largest absolute Gasteiger partial charge is 0.314 e. The molecule has 0 spiro atoms. The second-order valence-electron chi connectivity index (χ2n) is 4.27. The van der Waals surface area contributed by atoms with E-state index in [-0.39, 0.29) is 5.56 Å². The maximum atomic E-state index is 12.5. The van der Waals surface area contributed by atoms with Crippen molar-refractivity contribution in [1.29, 1.82) is 0 Å². The van der Waals surface area contributed by atoms with E-state index >= 15 is 0 Å². The molecule has 0 bridgehead atoms. The van der Waals surface area contributed by atoms with Gasteiger partial charge < -0.3 is 4.57 Å².